The molecule has 2 N–H and O–H groups in total. The fourth-order valence-corrected chi connectivity index (χ4v) is 2.02. The molecule has 0 saturated carbocycles. The molecule has 7 heteroatoms. The van der Waals surface area contributed by atoms with Crippen molar-refractivity contribution in [2.45, 2.75) is 19.8 Å². The summed E-state index contributed by atoms with van der Waals surface area (Å²) in [6.07, 6.45) is 1.09. The third-order valence-corrected chi connectivity index (χ3v) is 3.07. The van der Waals surface area contributed by atoms with E-state index in [1.54, 1.807) is 4.90 Å². The molecule has 0 bridgehead atoms. The van der Waals surface area contributed by atoms with Crippen LogP contribution in [-0.2, 0) is 4.79 Å². The van der Waals surface area contributed by atoms with Gasteiger partial charge in [-0.1, -0.05) is 6.92 Å². The molecule has 0 radical (unpaired) electrons. The van der Waals surface area contributed by atoms with E-state index in [1.807, 2.05) is 6.92 Å². The van der Waals surface area contributed by atoms with Crippen molar-refractivity contribution in [2.75, 3.05) is 36.4 Å². The molecule has 1 aromatic heterocycles. The Hall–Kier alpha value is -1.92. The zero-order valence-electron chi connectivity index (χ0n) is 11.4. The first-order valence-corrected chi connectivity index (χ1v) is 6.73. The average Bonchev–Trinajstić information content (AvgIpc) is 2.63. The van der Waals surface area contributed by atoms with E-state index in [-0.39, 0.29) is 24.0 Å². The molecular formula is C13H18F2N4O. The standard InChI is InChI=1S/C13H18F2N4O/c1-2-4-17-12-9(14)8-10(15)13(18-12)19-6-3-11(20)16-5-7-19/h8H,2-7H2,1H3,(H,16,20)(H,17,18). The molecule has 0 aliphatic carbocycles. The first kappa shape index (κ1) is 14.5. The Morgan fingerprint density at radius 2 is 2.20 bits per heavy atom. The molecule has 1 amide bonds. The Labute approximate surface area is 116 Å². The molecule has 2 rings (SSSR count). The van der Waals surface area contributed by atoms with Crippen molar-refractivity contribution in [2.24, 2.45) is 0 Å². The van der Waals surface area contributed by atoms with Gasteiger partial charge in [0.05, 0.1) is 0 Å². The molecular weight excluding hydrogens is 266 g/mol. The minimum Gasteiger partial charge on any atom is -0.368 e. The number of carbonyl (C=O) groups excluding carboxylic acids is 1. The first-order chi connectivity index (χ1) is 9.61. The van der Waals surface area contributed by atoms with Gasteiger partial charge in [-0.25, -0.2) is 13.8 Å². The topological polar surface area (TPSA) is 57.3 Å². The second-order valence-corrected chi connectivity index (χ2v) is 4.64. The fraction of sp³-hybridized carbons (Fsp3) is 0.538. The Morgan fingerprint density at radius 3 is 2.95 bits per heavy atom. The van der Waals surface area contributed by atoms with E-state index in [2.05, 4.69) is 15.6 Å². The number of hydrogen-bond donors (Lipinski definition) is 2. The van der Waals surface area contributed by atoms with Crippen LogP contribution in [0, 0.1) is 11.6 Å². The largest absolute Gasteiger partial charge is 0.368 e. The summed E-state index contributed by atoms with van der Waals surface area (Å²) in [5.74, 6) is -1.35. The van der Waals surface area contributed by atoms with Crippen LogP contribution in [-0.4, -0.2) is 37.1 Å². The van der Waals surface area contributed by atoms with Gasteiger partial charge < -0.3 is 15.5 Å². The molecule has 0 spiro atoms. The first-order valence-electron chi connectivity index (χ1n) is 6.73. The molecule has 1 aromatic rings. The highest BCUT2D eigenvalue weighted by atomic mass is 19.1. The molecule has 5 nitrogen and oxygen atoms in total. The number of pyridine rings is 1. The van der Waals surface area contributed by atoms with E-state index in [1.165, 1.54) is 0 Å². The maximum Gasteiger partial charge on any atom is 0.221 e. The molecule has 1 aliphatic heterocycles. The lowest BCUT2D eigenvalue weighted by Gasteiger charge is -2.22. The predicted octanol–water partition coefficient (Wildman–Crippen LogP) is 1.51. The maximum absolute atomic E-state index is 13.9. The Bertz CT molecular complexity index is 496. The summed E-state index contributed by atoms with van der Waals surface area (Å²) < 4.78 is 27.5. The van der Waals surface area contributed by atoms with Crippen LogP contribution in [0.5, 0.6) is 0 Å². The van der Waals surface area contributed by atoms with E-state index in [9.17, 15) is 13.6 Å². The second-order valence-electron chi connectivity index (χ2n) is 4.64. The monoisotopic (exact) mass is 284 g/mol. The van der Waals surface area contributed by atoms with Crippen molar-refractivity contribution >= 4 is 17.5 Å². The fourth-order valence-electron chi connectivity index (χ4n) is 2.02. The SMILES string of the molecule is CCCNc1nc(N2CCNC(=O)CC2)c(F)cc1F. The van der Waals surface area contributed by atoms with E-state index in [0.29, 0.717) is 26.2 Å². The molecule has 0 aromatic carbocycles. The van der Waals surface area contributed by atoms with Crippen LogP contribution in [0.1, 0.15) is 19.8 Å². The van der Waals surface area contributed by atoms with Crippen LogP contribution >= 0.6 is 0 Å². The molecule has 0 atom stereocenters. The van der Waals surface area contributed by atoms with Crippen LogP contribution in [0.25, 0.3) is 0 Å². The lowest BCUT2D eigenvalue weighted by Crippen LogP contribution is -2.30. The minimum atomic E-state index is -0.709. The predicted molar refractivity (Wildman–Crippen MR) is 72.8 cm³/mol. The van der Waals surface area contributed by atoms with Crippen LogP contribution in [0.4, 0.5) is 20.4 Å². The van der Waals surface area contributed by atoms with Gasteiger partial charge in [0.15, 0.2) is 23.3 Å². The summed E-state index contributed by atoms with van der Waals surface area (Å²) in [5, 5.41) is 5.54. The molecule has 1 saturated heterocycles. The van der Waals surface area contributed by atoms with Crippen LogP contribution in [0.3, 0.4) is 0 Å². The number of anilines is 2. The van der Waals surface area contributed by atoms with Crippen molar-refractivity contribution in [1.29, 1.82) is 0 Å². The number of aromatic nitrogens is 1. The summed E-state index contributed by atoms with van der Waals surface area (Å²) in [4.78, 5) is 17.0. The summed E-state index contributed by atoms with van der Waals surface area (Å²) >= 11 is 0. The summed E-state index contributed by atoms with van der Waals surface area (Å²) in [6, 6.07) is 0.834. The number of halogens is 2. The third-order valence-electron chi connectivity index (χ3n) is 3.07. The summed E-state index contributed by atoms with van der Waals surface area (Å²) in [7, 11) is 0. The van der Waals surface area contributed by atoms with Crippen LogP contribution in [0.2, 0.25) is 0 Å². The highest BCUT2D eigenvalue weighted by Crippen LogP contribution is 2.23. The smallest absolute Gasteiger partial charge is 0.221 e. The van der Waals surface area contributed by atoms with Crippen LogP contribution in [0.15, 0.2) is 6.07 Å². The van der Waals surface area contributed by atoms with E-state index < -0.39 is 11.6 Å². The lowest BCUT2D eigenvalue weighted by molar-refractivity contribution is -0.120. The Morgan fingerprint density at radius 1 is 1.40 bits per heavy atom. The van der Waals surface area contributed by atoms with Gasteiger partial charge in [-0.05, 0) is 6.42 Å². The van der Waals surface area contributed by atoms with Crippen molar-refractivity contribution in [3.05, 3.63) is 17.7 Å². The number of hydrogen-bond acceptors (Lipinski definition) is 4. The molecule has 110 valence electrons. The molecule has 1 aliphatic rings. The number of nitrogens with one attached hydrogen (secondary N) is 2. The maximum atomic E-state index is 13.9. The zero-order valence-corrected chi connectivity index (χ0v) is 11.4. The highest BCUT2D eigenvalue weighted by Gasteiger charge is 2.20. The van der Waals surface area contributed by atoms with Gasteiger partial charge in [-0.3, -0.25) is 4.79 Å². The minimum absolute atomic E-state index is 0.0479. The molecule has 1 fully saturated rings. The van der Waals surface area contributed by atoms with E-state index in [0.717, 1.165) is 12.5 Å². The Kier molecular flexibility index (Phi) is 4.70. The van der Waals surface area contributed by atoms with Gasteiger partial charge in [-0.2, -0.15) is 0 Å². The van der Waals surface area contributed by atoms with Gasteiger partial charge in [0.2, 0.25) is 5.91 Å². The number of rotatable bonds is 4. The van der Waals surface area contributed by atoms with Crippen molar-refractivity contribution in [3.63, 3.8) is 0 Å². The lowest BCUT2D eigenvalue weighted by atomic mass is 10.3. The quantitative estimate of drug-likeness (QED) is 0.880. The highest BCUT2D eigenvalue weighted by molar-refractivity contribution is 5.77. The number of carbonyl (C=O) groups is 1. The van der Waals surface area contributed by atoms with Crippen LogP contribution < -0.4 is 15.5 Å². The molecule has 0 unspecified atom stereocenters. The van der Waals surface area contributed by atoms with Crippen molar-refractivity contribution in [3.8, 4) is 0 Å². The normalized spacial score (nSPS) is 15.8. The number of amides is 1. The van der Waals surface area contributed by atoms with Gasteiger partial charge in [0.1, 0.15) is 0 Å². The van der Waals surface area contributed by atoms with Gasteiger partial charge >= 0.3 is 0 Å². The van der Waals surface area contributed by atoms with E-state index in [4.69, 9.17) is 0 Å². The van der Waals surface area contributed by atoms with E-state index >= 15 is 0 Å². The summed E-state index contributed by atoms with van der Waals surface area (Å²) in [6.45, 7) is 3.76. The third kappa shape index (κ3) is 3.34. The van der Waals surface area contributed by atoms with Gasteiger partial charge in [0, 0.05) is 38.7 Å². The van der Waals surface area contributed by atoms with Gasteiger partial charge in [0.25, 0.3) is 0 Å². The molecule has 20 heavy (non-hydrogen) atoms. The summed E-state index contributed by atoms with van der Waals surface area (Å²) in [5.41, 5.74) is 0. The zero-order chi connectivity index (χ0) is 14.5. The second kappa shape index (κ2) is 6.49. The Balaban J connectivity index is 2.23. The van der Waals surface area contributed by atoms with Crippen molar-refractivity contribution < 1.29 is 13.6 Å². The van der Waals surface area contributed by atoms with Gasteiger partial charge in [-0.15, -0.1) is 0 Å². The molecule has 2 heterocycles. The number of nitrogens with zero attached hydrogens (tertiary/aromatic N) is 2. The van der Waals surface area contributed by atoms with Crippen molar-refractivity contribution in [1.82, 2.24) is 10.3 Å². The average molecular weight is 284 g/mol.